The number of carbonyl (C=O) groups is 1. The van der Waals surface area contributed by atoms with Crippen LogP contribution < -0.4 is 0 Å². The van der Waals surface area contributed by atoms with Crippen molar-refractivity contribution in [2.24, 2.45) is 0 Å². The van der Waals surface area contributed by atoms with E-state index in [4.69, 9.17) is 0 Å². The molecule has 0 radical (unpaired) electrons. The van der Waals surface area contributed by atoms with Gasteiger partial charge in [-0.05, 0) is 42.8 Å². The van der Waals surface area contributed by atoms with Crippen LogP contribution in [-0.2, 0) is 10.0 Å². The summed E-state index contributed by atoms with van der Waals surface area (Å²) >= 11 is 3.33. The number of unbranched alkanes of at least 4 members (excludes halogenated alkanes) is 1. The molecule has 0 atom stereocenters. The van der Waals surface area contributed by atoms with E-state index in [1.807, 2.05) is 55.5 Å². The summed E-state index contributed by atoms with van der Waals surface area (Å²) in [6, 6.07) is 21.0. The third kappa shape index (κ3) is 4.07. The minimum absolute atomic E-state index is 0.0859. The van der Waals surface area contributed by atoms with Gasteiger partial charge in [-0.15, -0.1) is 0 Å². The standard InChI is InChI=1S/C24H21BrN2O3S/c1-2-3-16-27(31(29,30)18-14-12-17(25)13-15-18)24(28)23-19-8-4-6-10-21(19)26-22-11-7-5-9-20(22)23/h4-15H,2-3,16H2,1H3. The average Bonchev–Trinajstić information content (AvgIpc) is 2.77. The number of benzene rings is 3. The molecule has 0 unspecified atom stereocenters. The SMILES string of the molecule is CCCCN(C(=O)c1c2ccccc2nc2ccccc12)S(=O)(=O)c1ccc(Br)cc1. The van der Waals surface area contributed by atoms with Gasteiger partial charge in [0.15, 0.2) is 0 Å². The predicted molar refractivity (Wildman–Crippen MR) is 127 cm³/mol. The van der Waals surface area contributed by atoms with Crippen LogP contribution in [0.5, 0.6) is 0 Å². The van der Waals surface area contributed by atoms with Crippen molar-refractivity contribution in [3.63, 3.8) is 0 Å². The first-order valence-corrected chi connectivity index (χ1v) is 12.3. The second-order valence-corrected chi connectivity index (χ2v) is 9.99. The minimum Gasteiger partial charge on any atom is -0.268 e. The van der Waals surface area contributed by atoms with Crippen molar-refractivity contribution in [2.75, 3.05) is 6.54 Å². The molecular weight excluding hydrogens is 476 g/mol. The number of halogens is 1. The molecule has 0 fully saturated rings. The van der Waals surface area contributed by atoms with Crippen molar-refractivity contribution in [1.29, 1.82) is 0 Å². The number of hydrogen-bond acceptors (Lipinski definition) is 4. The number of carbonyl (C=O) groups excluding carboxylic acids is 1. The lowest BCUT2D eigenvalue weighted by atomic mass is 10.0. The molecule has 0 spiro atoms. The fourth-order valence-corrected chi connectivity index (χ4v) is 5.24. The quantitative estimate of drug-likeness (QED) is 0.317. The van der Waals surface area contributed by atoms with Crippen LogP contribution in [0.15, 0.2) is 82.2 Å². The number of rotatable bonds is 6. The van der Waals surface area contributed by atoms with Crippen LogP contribution >= 0.6 is 15.9 Å². The van der Waals surface area contributed by atoms with Crippen molar-refractivity contribution >= 4 is 53.7 Å². The Balaban J connectivity index is 1.94. The van der Waals surface area contributed by atoms with Gasteiger partial charge in [0.05, 0.1) is 21.5 Å². The molecule has 7 heteroatoms. The van der Waals surface area contributed by atoms with Crippen LogP contribution in [0.25, 0.3) is 21.8 Å². The van der Waals surface area contributed by atoms with Crippen molar-refractivity contribution < 1.29 is 13.2 Å². The van der Waals surface area contributed by atoms with E-state index in [0.29, 0.717) is 33.8 Å². The lowest BCUT2D eigenvalue weighted by Crippen LogP contribution is -2.38. The molecule has 0 aliphatic rings. The molecule has 5 nitrogen and oxygen atoms in total. The highest BCUT2D eigenvalue weighted by Gasteiger charge is 2.31. The molecule has 0 bridgehead atoms. The molecule has 0 aliphatic carbocycles. The summed E-state index contributed by atoms with van der Waals surface area (Å²) < 4.78 is 28.8. The number of fused-ring (bicyclic) bond motifs is 2. The summed E-state index contributed by atoms with van der Waals surface area (Å²) in [5.41, 5.74) is 1.67. The van der Waals surface area contributed by atoms with Gasteiger partial charge in [0.1, 0.15) is 0 Å². The van der Waals surface area contributed by atoms with E-state index in [9.17, 15) is 13.2 Å². The largest absolute Gasteiger partial charge is 0.268 e. The zero-order valence-electron chi connectivity index (χ0n) is 17.0. The van der Waals surface area contributed by atoms with E-state index in [1.165, 1.54) is 12.1 Å². The molecule has 0 aliphatic heterocycles. The summed E-state index contributed by atoms with van der Waals surface area (Å²) in [6.45, 7) is 2.07. The Labute approximate surface area is 189 Å². The van der Waals surface area contributed by atoms with E-state index in [1.54, 1.807) is 12.1 Å². The Bertz CT molecular complexity index is 1320. The number of para-hydroxylation sites is 2. The van der Waals surface area contributed by atoms with E-state index < -0.39 is 15.9 Å². The van der Waals surface area contributed by atoms with Gasteiger partial charge in [0.2, 0.25) is 0 Å². The molecule has 4 rings (SSSR count). The van der Waals surface area contributed by atoms with Crippen LogP contribution in [0.1, 0.15) is 30.1 Å². The van der Waals surface area contributed by atoms with E-state index in [-0.39, 0.29) is 11.4 Å². The van der Waals surface area contributed by atoms with Crippen LogP contribution in [0.2, 0.25) is 0 Å². The van der Waals surface area contributed by atoms with E-state index in [0.717, 1.165) is 15.2 Å². The topological polar surface area (TPSA) is 67.3 Å². The first-order chi connectivity index (χ1) is 14.9. The summed E-state index contributed by atoms with van der Waals surface area (Å²) in [4.78, 5) is 18.6. The highest BCUT2D eigenvalue weighted by molar-refractivity contribution is 9.10. The fraction of sp³-hybridized carbons (Fsp3) is 0.167. The molecule has 31 heavy (non-hydrogen) atoms. The summed E-state index contributed by atoms with van der Waals surface area (Å²) in [7, 11) is -4.03. The predicted octanol–water partition coefficient (Wildman–Crippen LogP) is 5.78. The molecule has 0 N–H and O–H groups in total. The molecule has 158 valence electrons. The van der Waals surface area contributed by atoms with Gasteiger partial charge in [-0.25, -0.2) is 17.7 Å². The Morgan fingerprint density at radius 2 is 1.45 bits per heavy atom. The lowest BCUT2D eigenvalue weighted by molar-refractivity contribution is 0.0863. The number of pyridine rings is 1. The van der Waals surface area contributed by atoms with Gasteiger partial charge in [-0.1, -0.05) is 65.7 Å². The Kier molecular flexibility index (Phi) is 6.07. The highest BCUT2D eigenvalue weighted by atomic mass is 79.9. The van der Waals surface area contributed by atoms with Crippen molar-refractivity contribution in [3.8, 4) is 0 Å². The van der Waals surface area contributed by atoms with Crippen LogP contribution in [0, 0.1) is 0 Å². The first kappa shape index (κ1) is 21.5. The maximum Gasteiger partial charge on any atom is 0.268 e. The van der Waals surface area contributed by atoms with Crippen LogP contribution in [0.3, 0.4) is 0 Å². The van der Waals surface area contributed by atoms with Gasteiger partial charge in [0.25, 0.3) is 15.9 Å². The third-order valence-electron chi connectivity index (χ3n) is 5.14. The Morgan fingerprint density at radius 1 is 0.903 bits per heavy atom. The van der Waals surface area contributed by atoms with Gasteiger partial charge in [-0.2, -0.15) is 0 Å². The highest BCUT2D eigenvalue weighted by Crippen LogP contribution is 2.29. The molecule has 0 saturated heterocycles. The molecule has 1 heterocycles. The zero-order valence-corrected chi connectivity index (χ0v) is 19.4. The number of amides is 1. The maximum atomic E-state index is 13.9. The first-order valence-electron chi connectivity index (χ1n) is 10.0. The molecule has 4 aromatic rings. The molecule has 0 saturated carbocycles. The average molecular weight is 497 g/mol. The number of nitrogens with zero attached hydrogens (tertiary/aromatic N) is 2. The molecule has 1 amide bonds. The summed E-state index contributed by atoms with van der Waals surface area (Å²) in [5, 5.41) is 1.28. The van der Waals surface area contributed by atoms with Gasteiger partial charge >= 0.3 is 0 Å². The number of sulfonamides is 1. The normalized spacial score (nSPS) is 11.7. The van der Waals surface area contributed by atoms with Gasteiger partial charge < -0.3 is 0 Å². The van der Waals surface area contributed by atoms with E-state index >= 15 is 0 Å². The minimum atomic E-state index is -4.03. The van der Waals surface area contributed by atoms with Gasteiger partial charge in [-0.3, -0.25) is 4.79 Å². The maximum absolute atomic E-state index is 13.9. The second kappa shape index (κ2) is 8.77. The summed E-state index contributed by atoms with van der Waals surface area (Å²) in [5.74, 6) is -0.536. The van der Waals surface area contributed by atoms with Gasteiger partial charge in [0, 0.05) is 21.8 Å². The smallest absolute Gasteiger partial charge is 0.268 e. The molecule has 3 aromatic carbocycles. The Hall–Kier alpha value is -2.77. The van der Waals surface area contributed by atoms with Crippen LogP contribution in [0.4, 0.5) is 0 Å². The van der Waals surface area contributed by atoms with E-state index in [2.05, 4.69) is 20.9 Å². The second-order valence-electron chi connectivity index (χ2n) is 7.21. The van der Waals surface area contributed by atoms with Crippen LogP contribution in [-0.4, -0.2) is 30.2 Å². The molecule has 1 aromatic heterocycles. The lowest BCUT2D eigenvalue weighted by Gasteiger charge is -2.24. The number of aromatic nitrogens is 1. The van der Waals surface area contributed by atoms with Crippen molar-refractivity contribution in [1.82, 2.24) is 9.29 Å². The summed E-state index contributed by atoms with van der Waals surface area (Å²) in [6.07, 6.45) is 1.33. The van der Waals surface area contributed by atoms with Crippen molar-refractivity contribution in [3.05, 3.63) is 82.8 Å². The fourth-order valence-electron chi connectivity index (χ4n) is 3.56. The molecular formula is C24H21BrN2O3S. The van der Waals surface area contributed by atoms with Crippen molar-refractivity contribution in [2.45, 2.75) is 24.7 Å². The monoisotopic (exact) mass is 496 g/mol. The Morgan fingerprint density at radius 3 is 2.00 bits per heavy atom. The zero-order chi connectivity index (χ0) is 22.0. The number of hydrogen-bond donors (Lipinski definition) is 0. The third-order valence-corrected chi connectivity index (χ3v) is 7.47.